The summed E-state index contributed by atoms with van der Waals surface area (Å²) in [5.74, 6) is 0.599. The van der Waals surface area contributed by atoms with Crippen molar-refractivity contribution in [2.24, 2.45) is 0 Å². The summed E-state index contributed by atoms with van der Waals surface area (Å²) in [6.07, 6.45) is 21.4. The van der Waals surface area contributed by atoms with E-state index in [4.69, 9.17) is 4.42 Å². The number of pyridine rings is 1. The smallest absolute Gasteiger partial charge is 0.140 e. The zero-order chi connectivity index (χ0) is 22.6. The van der Waals surface area contributed by atoms with Crippen LogP contribution in [0, 0.1) is 6.92 Å². The lowest BCUT2D eigenvalue weighted by Gasteiger charge is -2.17. The van der Waals surface area contributed by atoms with Crippen molar-refractivity contribution in [2.75, 3.05) is 0 Å². The monoisotopic (exact) mass is 417 g/mol. The number of fused-ring (bicyclic) bond motifs is 1. The van der Waals surface area contributed by atoms with Crippen LogP contribution < -0.4 is 0 Å². The Kier molecular flexibility index (Phi) is 18.8. The summed E-state index contributed by atoms with van der Waals surface area (Å²) in [7, 11) is 0. The fraction of sp³-hybridized carbons (Fsp3) is 0.750. The Morgan fingerprint density at radius 3 is 1.77 bits per heavy atom. The van der Waals surface area contributed by atoms with Gasteiger partial charge in [0.25, 0.3) is 0 Å². The average molecular weight is 418 g/mol. The second kappa shape index (κ2) is 19.6. The molecule has 0 amide bonds. The molecule has 0 aliphatic rings. The molecule has 30 heavy (non-hydrogen) atoms. The molecule has 0 aliphatic heterocycles. The molecule has 0 aliphatic carbocycles. The van der Waals surface area contributed by atoms with Gasteiger partial charge in [0.1, 0.15) is 5.58 Å². The van der Waals surface area contributed by atoms with Gasteiger partial charge < -0.3 is 4.42 Å². The molecule has 0 bridgehead atoms. The third-order valence-corrected chi connectivity index (χ3v) is 5.67. The molecule has 2 aromatic heterocycles. The van der Waals surface area contributed by atoms with Gasteiger partial charge in [-0.05, 0) is 31.7 Å². The molecule has 0 unspecified atom stereocenters. The number of rotatable bonds is 13. The minimum absolute atomic E-state index is 0.599. The van der Waals surface area contributed by atoms with Crippen molar-refractivity contribution in [3.8, 4) is 0 Å². The van der Waals surface area contributed by atoms with Crippen molar-refractivity contribution in [1.29, 1.82) is 0 Å². The maximum absolute atomic E-state index is 5.73. The van der Waals surface area contributed by atoms with Crippen LogP contribution >= 0.6 is 0 Å². The maximum Gasteiger partial charge on any atom is 0.140 e. The van der Waals surface area contributed by atoms with Gasteiger partial charge >= 0.3 is 0 Å². The summed E-state index contributed by atoms with van der Waals surface area (Å²) in [6, 6.07) is 2.04. The molecular formula is C28H51NO. The number of hydrogen-bond acceptors (Lipinski definition) is 2. The Balaban J connectivity index is 0.000000648. The predicted octanol–water partition coefficient (Wildman–Crippen LogP) is 10.4. The number of nitrogens with zero attached hydrogens (tertiary/aromatic N) is 1. The van der Waals surface area contributed by atoms with Crippen molar-refractivity contribution in [3.05, 3.63) is 29.8 Å². The molecule has 2 aromatic rings. The van der Waals surface area contributed by atoms with E-state index in [0.717, 1.165) is 11.3 Å². The van der Waals surface area contributed by atoms with Crippen LogP contribution in [0.5, 0.6) is 0 Å². The van der Waals surface area contributed by atoms with Gasteiger partial charge in [0.05, 0.1) is 6.26 Å². The lowest BCUT2D eigenvalue weighted by atomic mass is 9.89. The van der Waals surface area contributed by atoms with Crippen LogP contribution in [0.4, 0.5) is 0 Å². The van der Waals surface area contributed by atoms with Crippen LogP contribution in [-0.4, -0.2) is 4.98 Å². The van der Waals surface area contributed by atoms with E-state index in [1.165, 1.54) is 94.4 Å². The first kappa shape index (κ1) is 28.7. The number of aromatic nitrogens is 1. The van der Waals surface area contributed by atoms with Crippen LogP contribution in [-0.2, 0) is 0 Å². The molecule has 2 rings (SSSR count). The average Bonchev–Trinajstić information content (AvgIpc) is 3.27. The van der Waals surface area contributed by atoms with Crippen LogP contribution in [0.2, 0.25) is 0 Å². The molecule has 0 spiro atoms. The van der Waals surface area contributed by atoms with E-state index >= 15 is 0 Å². The first-order valence-electron chi connectivity index (χ1n) is 13.0. The molecule has 0 aromatic carbocycles. The Bertz CT molecular complexity index is 602. The highest BCUT2D eigenvalue weighted by molar-refractivity contribution is 5.82. The van der Waals surface area contributed by atoms with Gasteiger partial charge in [0, 0.05) is 22.8 Å². The van der Waals surface area contributed by atoms with Gasteiger partial charge in [-0.1, -0.05) is 112 Å². The number of furan rings is 1. The van der Waals surface area contributed by atoms with Crippen molar-refractivity contribution in [2.45, 2.75) is 138 Å². The Morgan fingerprint density at radius 1 is 0.767 bits per heavy atom. The summed E-state index contributed by atoms with van der Waals surface area (Å²) in [4.78, 5) is 4.56. The molecule has 2 heterocycles. The third-order valence-electron chi connectivity index (χ3n) is 5.67. The Hall–Kier alpha value is -1.31. The minimum atomic E-state index is 0.599. The van der Waals surface area contributed by atoms with Gasteiger partial charge in [-0.15, -0.1) is 0 Å². The first-order chi connectivity index (χ1) is 14.7. The Morgan fingerprint density at radius 2 is 1.27 bits per heavy atom. The standard InChI is InChI=1S/C17H25NO.C9H20.C2H6/c1-4-6-8-14(9-7-5-2)16-12-18-13(3)15-10-11-19-17(15)16;1-3-5-7-9-8-6-4-2;1-2/h10-12,14H,4-9H2,1-3H3;3-9H2,1-2H3;1-2H3. The van der Waals surface area contributed by atoms with E-state index in [2.05, 4.69) is 39.6 Å². The quantitative estimate of drug-likeness (QED) is 0.303. The van der Waals surface area contributed by atoms with E-state index in [1.54, 1.807) is 6.26 Å². The number of aryl methyl sites for hydroxylation is 1. The van der Waals surface area contributed by atoms with E-state index in [-0.39, 0.29) is 0 Å². The summed E-state index contributed by atoms with van der Waals surface area (Å²) in [5.41, 5.74) is 3.44. The molecule has 174 valence electrons. The van der Waals surface area contributed by atoms with E-state index in [0.29, 0.717) is 5.92 Å². The van der Waals surface area contributed by atoms with Crippen molar-refractivity contribution < 1.29 is 4.42 Å². The van der Waals surface area contributed by atoms with Crippen LogP contribution in [0.3, 0.4) is 0 Å². The molecule has 0 saturated carbocycles. The van der Waals surface area contributed by atoms with Crippen molar-refractivity contribution in [1.82, 2.24) is 4.98 Å². The molecule has 0 N–H and O–H groups in total. The molecule has 0 radical (unpaired) electrons. The van der Waals surface area contributed by atoms with Crippen LogP contribution in [0.25, 0.3) is 11.0 Å². The molecule has 0 atom stereocenters. The lowest BCUT2D eigenvalue weighted by molar-refractivity contribution is 0.515. The van der Waals surface area contributed by atoms with Gasteiger partial charge in [-0.2, -0.15) is 0 Å². The zero-order valence-electron chi connectivity index (χ0n) is 21.4. The predicted molar refractivity (Wildman–Crippen MR) is 136 cm³/mol. The fourth-order valence-electron chi connectivity index (χ4n) is 3.79. The summed E-state index contributed by atoms with van der Waals surface area (Å²) < 4.78 is 5.73. The maximum atomic E-state index is 5.73. The molecular weight excluding hydrogens is 366 g/mol. The molecule has 0 saturated heterocycles. The SMILES string of the molecule is CC.CCCCC(CCCC)c1cnc(C)c2ccoc12.CCCCCCCCC. The van der Waals surface area contributed by atoms with Crippen molar-refractivity contribution in [3.63, 3.8) is 0 Å². The fourth-order valence-corrected chi connectivity index (χ4v) is 3.79. The molecule has 2 heteroatoms. The normalized spacial score (nSPS) is 10.5. The minimum Gasteiger partial charge on any atom is -0.464 e. The van der Waals surface area contributed by atoms with E-state index in [1.807, 2.05) is 26.1 Å². The lowest BCUT2D eigenvalue weighted by Crippen LogP contribution is -2.01. The zero-order valence-corrected chi connectivity index (χ0v) is 21.4. The summed E-state index contributed by atoms with van der Waals surface area (Å²) >= 11 is 0. The van der Waals surface area contributed by atoms with E-state index < -0.39 is 0 Å². The molecule has 2 nitrogen and oxygen atoms in total. The second-order valence-corrected chi connectivity index (χ2v) is 8.21. The highest BCUT2D eigenvalue weighted by Gasteiger charge is 2.17. The Labute approximate surface area is 188 Å². The van der Waals surface area contributed by atoms with Gasteiger partial charge in [0.2, 0.25) is 0 Å². The first-order valence-corrected chi connectivity index (χ1v) is 13.0. The highest BCUT2D eigenvalue weighted by atomic mass is 16.3. The topological polar surface area (TPSA) is 26.0 Å². The largest absolute Gasteiger partial charge is 0.464 e. The summed E-state index contributed by atoms with van der Waals surface area (Å²) in [6.45, 7) is 15.1. The third kappa shape index (κ3) is 11.2. The van der Waals surface area contributed by atoms with Gasteiger partial charge in [-0.3, -0.25) is 4.98 Å². The van der Waals surface area contributed by atoms with Gasteiger partial charge in [0.15, 0.2) is 0 Å². The van der Waals surface area contributed by atoms with Gasteiger partial charge in [-0.25, -0.2) is 0 Å². The number of hydrogen-bond donors (Lipinski definition) is 0. The van der Waals surface area contributed by atoms with Crippen LogP contribution in [0.15, 0.2) is 22.9 Å². The molecule has 0 fully saturated rings. The second-order valence-electron chi connectivity index (χ2n) is 8.21. The van der Waals surface area contributed by atoms with E-state index in [9.17, 15) is 0 Å². The van der Waals surface area contributed by atoms with Crippen molar-refractivity contribution >= 4 is 11.0 Å². The number of unbranched alkanes of at least 4 members (excludes halogenated alkanes) is 8. The van der Waals surface area contributed by atoms with Crippen LogP contribution in [0.1, 0.15) is 142 Å². The highest BCUT2D eigenvalue weighted by Crippen LogP contribution is 2.33. The summed E-state index contributed by atoms with van der Waals surface area (Å²) in [5, 5.41) is 1.18.